The van der Waals surface area contributed by atoms with Crippen LogP contribution in [0.15, 0.2) is 54.6 Å². The molecule has 2 aromatic carbocycles. The number of rotatable bonds is 7. The van der Waals surface area contributed by atoms with Crippen LogP contribution in [0.3, 0.4) is 0 Å². The van der Waals surface area contributed by atoms with Crippen LogP contribution in [0, 0.1) is 0 Å². The molecular weight excluding hydrogens is 268 g/mol. The Kier molecular flexibility index (Phi) is 5.96. The fraction of sp³-hybridized carbons (Fsp3) is 0.294. The Bertz CT molecular complexity index is 513. The predicted octanol–water partition coefficient (Wildman–Crippen LogP) is 3.93. The van der Waals surface area contributed by atoms with Crippen LogP contribution in [0.25, 0.3) is 0 Å². The standard InChI is InChI=1S/C17H20O2S/c1-18-17-9-5-6-14(10-17)11-19-12-16(13-20)15-7-3-2-4-8-15/h2-10,16,20H,11-13H2,1H3. The topological polar surface area (TPSA) is 18.5 Å². The quantitative estimate of drug-likeness (QED) is 0.778. The summed E-state index contributed by atoms with van der Waals surface area (Å²) in [5.74, 6) is 1.97. The first-order valence-electron chi connectivity index (χ1n) is 6.70. The summed E-state index contributed by atoms with van der Waals surface area (Å²) in [6.45, 7) is 1.26. The molecule has 0 heterocycles. The Labute approximate surface area is 126 Å². The van der Waals surface area contributed by atoms with Gasteiger partial charge in [-0.1, -0.05) is 42.5 Å². The third-order valence-corrected chi connectivity index (χ3v) is 3.65. The van der Waals surface area contributed by atoms with Gasteiger partial charge in [-0.25, -0.2) is 0 Å². The van der Waals surface area contributed by atoms with Gasteiger partial charge in [0.15, 0.2) is 0 Å². The van der Waals surface area contributed by atoms with Crippen LogP contribution in [-0.4, -0.2) is 19.5 Å². The number of methoxy groups -OCH3 is 1. The van der Waals surface area contributed by atoms with Gasteiger partial charge in [0.05, 0.1) is 20.3 Å². The van der Waals surface area contributed by atoms with Gasteiger partial charge in [0, 0.05) is 5.92 Å². The molecule has 0 aromatic heterocycles. The molecule has 0 amide bonds. The normalized spacial score (nSPS) is 12.1. The number of ether oxygens (including phenoxy) is 2. The molecule has 1 atom stereocenters. The van der Waals surface area contributed by atoms with Gasteiger partial charge >= 0.3 is 0 Å². The van der Waals surface area contributed by atoms with Crippen LogP contribution in [0.2, 0.25) is 0 Å². The van der Waals surface area contributed by atoms with Gasteiger partial charge in [0.25, 0.3) is 0 Å². The zero-order valence-electron chi connectivity index (χ0n) is 11.7. The number of thiol groups is 1. The molecule has 0 saturated heterocycles. The smallest absolute Gasteiger partial charge is 0.119 e. The fourth-order valence-corrected chi connectivity index (χ4v) is 2.38. The molecule has 0 spiro atoms. The van der Waals surface area contributed by atoms with Gasteiger partial charge in [-0.3, -0.25) is 0 Å². The van der Waals surface area contributed by atoms with Crippen molar-refractivity contribution in [3.63, 3.8) is 0 Å². The Morgan fingerprint density at radius 3 is 2.55 bits per heavy atom. The summed E-state index contributed by atoms with van der Waals surface area (Å²) < 4.78 is 11.0. The first kappa shape index (κ1) is 14.9. The maximum absolute atomic E-state index is 5.82. The maximum atomic E-state index is 5.82. The third-order valence-electron chi connectivity index (χ3n) is 3.21. The van der Waals surface area contributed by atoms with Crippen LogP contribution >= 0.6 is 12.6 Å². The van der Waals surface area contributed by atoms with E-state index in [0.29, 0.717) is 19.1 Å². The van der Waals surface area contributed by atoms with E-state index in [1.54, 1.807) is 7.11 Å². The highest BCUT2D eigenvalue weighted by molar-refractivity contribution is 7.80. The van der Waals surface area contributed by atoms with Crippen molar-refractivity contribution in [1.82, 2.24) is 0 Å². The lowest BCUT2D eigenvalue weighted by molar-refractivity contribution is 0.111. The van der Waals surface area contributed by atoms with Crippen LogP contribution in [0.1, 0.15) is 17.0 Å². The first-order valence-corrected chi connectivity index (χ1v) is 7.33. The predicted molar refractivity (Wildman–Crippen MR) is 85.7 cm³/mol. The van der Waals surface area contributed by atoms with E-state index in [9.17, 15) is 0 Å². The lowest BCUT2D eigenvalue weighted by Gasteiger charge is -2.15. The maximum Gasteiger partial charge on any atom is 0.119 e. The monoisotopic (exact) mass is 288 g/mol. The summed E-state index contributed by atoms with van der Waals surface area (Å²) >= 11 is 4.42. The zero-order valence-corrected chi connectivity index (χ0v) is 12.6. The van der Waals surface area contributed by atoms with Crippen LogP contribution < -0.4 is 4.74 Å². The van der Waals surface area contributed by atoms with E-state index in [1.807, 2.05) is 42.5 Å². The summed E-state index contributed by atoms with van der Waals surface area (Å²) in [7, 11) is 1.67. The highest BCUT2D eigenvalue weighted by Gasteiger charge is 2.09. The summed E-state index contributed by atoms with van der Waals surface area (Å²) in [6, 6.07) is 18.3. The number of hydrogen-bond acceptors (Lipinski definition) is 3. The van der Waals surface area contributed by atoms with E-state index >= 15 is 0 Å². The summed E-state index contributed by atoms with van der Waals surface area (Å²) in [5.41, 5.74) is 2.39. The van der Waals surface area contributed by atoms with Crippen molar-refractivity contribution in [3.05, 3.63) is 65.7 Å². The molecule has 0 bridgehead atoms. The molecule has 2 aromatic rings. The van der Waals surface area contributed by atoms with Crippen LogP contribution in [0.5, 0.6) is 5.75 Å². The Morgan fingerprint density at radius 2 is 1.85 bits per heavy atom. The molecule has 0 aliphatic rings. The summed E-state index contributed by atoms with van der Waals surface area (Å²) in [4.78, 5) is 0. The summed E-state index contributed by atoms with van der Waals surface area (Å²) in [5, 5.41) is 0. The molecule has 0 fully saturated rings. The van der Waals surface area contributed by atoms with Crippen molar-refractivity contribution in [2.75, 3.05) is 19.5 Å². The van der Waals surface area contributed by atoms with Crippen molar-refractivity contribution in [3.8, 4) is 5.75 Å². The lowest BCUT2D eigenvalue weighted by Crippen LogP contribution is -2.09. The minimum Gasteiger partial charge on any atom is -0.497 e. The third kappa shape index (κ3) is 4.29. The van der Waals surface area contributed by atoms with E-state index in [4.69, 9.17) is 9.47 Å². The van der Waals surface area contributed by atoms with Gasteiger partial charge in [-0.05, 0) is 29.0 Å². The molecule has 2 nitrogen and oxygen atoms in total. The fourth-order valence-electron chi connectivity index (χ4n) is 2.06. The second-order valence-corrected chi connectivity index (χ2v) is 5.02. The Morgan fingerprint density at radius 1 is 1.05 bits per heavy atom. The molecule has 0 saturated carbocycles. The zero-order chi connectivity index (χ0) is 14.2. The lowest BCUT2D eigenvalue weighted by atomic mass is 10.0. The first-order chi connectivity index (χ1) is 9.83. The van der Waals surface area contributed by atoms with Crippen molar-refractivity contribution >= 4 is 12.6 Å². The molecule has 1 unspecified atom stereocenters. The van der Waals surface area contributed by atoms with Gasteiger partial charge in [-0.15, -0.1) is 0 Å². The minimum atomic E-state index is 0.324. The van der Waals surface area contributed by atoms with Crippen molar-refractivity contribution in [2.45, 2.75) is 12.5 Å². The Hall–Kier alpha value is -1.45. The average molecular weight is 288 g/mol. The molecule has 106 valence electrons. The molecule has 0 radical (unpaired) electrons. The molecule has 0 aliphatic heterocycles. The number of hydrogen-bond donors (Lipinski definition) is 1. The molecular formula is C17H20O2S. The second kappa shape index (κ2) is 7.98. The average Bonchev–Trinajstić information content (AvgIpc) is 2.52. The van der Waals surface area contributed by atoms with E-state index in [0.717, 1.165) is 17.1 Å². The van der Waals surface area contributed by atoms with E-state index < -0.39 is 0 Å². The van der Waals surface area contributed by atoms with E-state index in [1.165, 1.54) is 5.56 Å². The summed E-state index contributed by atoms with van der Waals surface area (Å²) in [6.07, 6.45) is 0. The van der Waals surface area contributed by atoms with Gasteiger partial charge < -0.3 is 9.47 Å². The van der Waals surface area contributed by atoms with Crippen molar-refractivity contribution < 1.29 is 9.47 Å². The largest absolute Gasteiger partial charge is 0.497 e. The molecule has 0 N–H and O–H groups in total. The van der Waals surface area contributed by atoms with Crippen LogP contribution in [-0.2, 0) is 11.3 Å². The second-order valence-electron chi connectivity index (χ2n) is 4.66. The molecule has 20 heavy (non-hydrogen) atoms. The van der Waals surface area contributed by atoms with Gasteiger partial charge in [0.2, 0.25) is 0 Å². The van der Waals surface area contributed by atoms with Gasteiger partial charge in [-0.2, -0.15) is 12.6 Å². The van der Waals surface area contributed by atoms with Gasteiger partial charge in [0.1, 0.15) is 5.75 Å². The minimum absolute atomic E-state index is 0.324. The highest BCUT2D eigenvalue weighted by atomic mass is 32.1. The Balaban J connectivity index is 1.88. The van der Waals surface area contributed by atoms with Crippen molar-refractivity contribution in [2.24, 2.45) is 0 Å². The SMILES string of the molecule is COc1cccc(COCC(CS)c2ccccc2)c1. The molecule has 0 aliphatic carbocycles. The highest BCUT2D eigenvalue weighted by Crippen LogP contribution is 2.19. The number of benzene rings is 2. The molecule has 3 heteroatoms. The molecule has 2 rings (SSSR count). The van der Waals surface area contributed by atoms with Crippen molar-refractivity contribution in [1.29, 1.82) is 0 Å². The van der Waals surface area contributed by atoms with Crippen LogP contribution in [0.4, 0.5) is 0 Å². The van der Waals surface area contributed by atoms with E-state index in [-0.39, 0.29) is 0 Å². The van der Waals surface area contributed by atoms with E-state index in [2.05, 4.69) is 24.8 Å².